The van der Waals surface area contributed by atoms with E-state index in [1.165, 1.54) is 0 Å². The molecule has 0 fully saturated rings. The van der Waals surface area contributed by atoms with Crippen molar-refractivity contribution in [1.82, 2.24) is 0 Å². The van der Waals surface area contributed by atoms with Gasteiger partial charge in [0.2, 0.25) is 0 Å². The summed E-state index contributed by atoms with van der Waals surface area (Å²) in [5, 5.41) is 26.2. The van der Waals surface area contributed by atoms with E-state index < -0.39 is 18.0 Å². The van der Waals surface area contributed by atoms with Crippen LogP contribution >= 0.6 is 0 Å². The molecule has 6 heteroatoms. The predicted octanol–water partition coefficient (Wildman–Crippen LogP) is -3.13. The van der Waals surface area contributed by atoms with Gasteiger partial charge in [-0.1, -0.05) is 0 Å². The Labute approximate surface area is 83.2 Å². The van der Waals surface area contributed by atoms with Gasteiger partial charge < -0.3 is 24.9 Å². The molecule has 0 aromatic carbocycles. The van der Waals surface area contributed by atoms with E-state index in [1.807, 2.05) is 0 Å². The third-order valence-electron chi connectivity index (χ3n) is 0.341. The zero-order valence-corrected chi connectivity index (χ0v) is 8.62. The molecule has 0 rings (SSSR count). The Morgan fingerprint density at radius 2 is 1.45 bits per heavy atom. The van der Waals surface area contributed by atoms with Gasteiger partial charge in [-0.15, -0.1) is 0 Å². The molecule has 0 aliphatic rings. The summed E-state index contributed by atoms with van der Waals surface area (Å²) in [5.74, 6) is -2.52. The number of aliphatic hydroxyl groups excluding tert-OH is 1. The summed E-state index contributed by atoms with van der Waals surface area (Å²) < 4.78 is 0. The molecule has 0 aromatic rings. The monoisotopic (exact) mass is 238 g/mol. The van der Waals surface area contributed by atoms with E-state index in [-0.39, 0.29) is 26.2 Å². The van der Waals surface area contributed by atoms with Gasteiger partial charge in [0.05, 0.1) is 12.1 Å². The number of carbonyl (C=O) groups excluding carboxylic acids is 2. The summed E-state index contributed by atoms with van der Waals surface area (Å²) in [4.78, 5) is 18.2. The summed E-state index contributed by atoms with van der Waals surface area (Å²) in [6.45, 7) is 2.11. The van der Waals surface area contributed by atoms with Gasteiger partial charge in [-0.25, -0.2) is 0 Å². The van der Waals surface area contributed by atoms with Crippen molar-refractivity contribution in [3.8, 4) is 0 Å². The standard InChI is InChI=1S/C3H6O3.C2H4O2.Zr/c1-2(4)3(5)6;1-2(3)4;/h2,4H,1H3,(H,5,6);1H3,(H,3,4);/q;;+2/p-2. The Hall–Kier alpha value is -0.217. The van der Waals surface area contributed by atoms with Gasteiger partial charge in [-0.2, -0.15) is 0 Å². The molecule has 0 aliphatic carbocycles. The summed E-state index contributed by atoms with van der Waals surface area (Å²) >= 11 is 0. The molecule has 62 valence electrons. The van der Waals surface area contributed by atoms with E-state index in [4.69, 9.17) is 15.0 Å². The Morgan fingerprint density at radius 1 is 1.36 bits per heavy atom. The van der Waals surface area contributed by atoms with Crippen molar-refractivity contribution in [2.24, 2.45) is 0 Å². The Morgan fingerprint density at radius 3 is 1.45 bits per heavy atom. The van der Waals surface area contributed by atoms with Gasteiger partial charge in [0.15, 0.2) is 0 Å². The molecule has 5 nitrogen and oxygen atoms in total. The number of hydrogen-bond donors (Lipinski definition) is 1. The van der Waals surface area contributed by atoms with E-state index in [1.54, 1.807) is 0 Å². The molecule has 0 saturated carbocycles. The fourth-order valence-corrected chi connectivity index (χ4v) is 0. The molecule has 1 unspecified atom stereocenters. The van der Waals surface area contributed by atoms with Crippen molar-refractivity contribution in [3.05, 3.63) is 0 Å². The first-order chi connectivity index (χ1) is 4.37. The maximum atomic E-state index is 9.34. The average molecular weight is 239 g/mol. The van der Waals surface area contributed by atoms with Crippen LogP contribution in [0.25, 0.3) is 0 Å². The van der Waals surface area contributed by atoms with Crippen LogP contribution in [0.1, 0.15) is 13.8 Å². The van der Waals surface area contributed by atoms with Crippen molar-refractivity contribution in [2.75, 3.05) is 0 Å². The number of hydrogen-bond acceptors (Lipinski definition) is 5. The summed E-state index contributed by atoms with van der Waals surface area (Å²) in [5.41, 5.74) is 0. The molecular weight excluding hydrogens is 231 g/mol. The second-order valence-electron chi connectivity index (χ2n) is 1.49. The maximum Gasteiger partial charge on any atom is 2.00 e. The number of carboxylic acids is 2. The molecule has 0 aliphatic heterocycles. The van der Waals surface area contributed by atoms with E-state index in [9.17, 15) is 9.90 Å². The van der Waals surface area contributed by atoms with Crippen molar-refractivity contribution in [2.45, 2.75) is 20.0 Å². The number of aliphatic hydroxyl groups is 1. The molecule has 0 amide bonds. The fraction of sp³-hybridized carbons (Fsp3) is 0.600. The minimum atomic E-state index is -1.44. The number of carbonyl (C=O) groups is 2. The first-order valence-electron chi connectivity index (χ1n) is 2.44. The van der Waals surface area contributed by atoms with Crippen LogP contribution in [0.2, 0.25) is 0 Å². The molecule has 0 aromatic heterocycles. The Bertz CT molecular complexity index is 118. The topological polar surface area (TPSA) is 100 Å². The summed E-state index contributed by atoms with van der Waals surface area (Å²) in [6.07, 6.45) is -1.34. The van der Waals surface area contributed by atoms with Crippen LogP contribution in [0.3, 0.4) is 0 Å². The van der Waals surface area contributed by atoms with Crippen LogP contribution in [0, 0.1) is 0 Å². The average Bonchev–Trinajstić information content (AvgIpc) is 1.63. The molecule has 11 heavy (non-hydrogen) atoms. The predicted molar refractivity (Wildman–Crippen MR) is 27.4 cm³/mol. The van der Waals surface area contributed by atoms with Crippen LogP contribution in [-0.2, 0) is 35.8 Å². The number of rotatable bonds is 1. The van der Waals surface area contributed by atoms with Crippen LogP contribution in [0.15, 0.2) is 0 Å². The minimum Gasteiger partial charge on any atom is -0.550 e. The normalized spacial score (nSPS) is 9.73. The minimum absolute atomic E-state index is 0. The smallest absolute Gasteiger partial charge is 0.550 e. The van der Waals surface area contributed by atoms with Crippen LogP contribution < -0.4 is 10.2 Å². The zero-order chi connectivity index (χ0) is 8.73. The second kappa shape index (κ2) is 9.78. The third-order valence-corrected chi connectivity index (χ3v) is 0.341. The third kappa shape index (κ3) is 41.4. The van der Waals surface area contributed by atoms with Gasteiger partial charge in [0.25, 0.3) is 0 Å². The van der Waals surface area contributed by atoms with Gasteiger partial charge >= 0.3 is 26.2 Å². The Balaban J connectivity index is -0.000000114. The largest absolute Gasteiger partial charge is 2.00 e. The molecule has 0 spiro atoms. The SMILES string of the molecule is CC(=O)[O-].CC(O)C(=O)[O-].[Zr+2]. The fourth-order valence-electron chi connectivity index (χ4n) is 0. The maximum absolute atomic E-state index is 9.34. The first-order valence-corrected chi connectivity index (χ1v) is 2.44. The molecular formula is C5H8O5Zr. The number of aliphatic carboxylic acids is 2. The number of carboxylic acid groups (broad SMARTS) is 2. The molecule has 0 radical (unpaired) electrons. The van der Waals surface area contributed by atoms with E-state index >= 15 is 0 Å². The van der Waals surface area contributed by atoms with E-state index in [2.05, 4.69) is 0 Å². The zero-order valence-electron chi connectivity index (χ0n) is 6.16. The van der Waals surface area contributed by atoms with Gasteiger partial charge in [0.1, 0.15) is 0 Å². The van der Waals surface area contributed by atoms with Gasteiger partial charge in [-0.3, -0.25) is 0 Å². The van der Waals surface area contributed by atoms with Gasteiger partial charge in [0, 0.05) is 5.97 Å². The molecule has 1 N–H and O–H groups in total. The van der Waals surface area contributed by atoms with Crippen molar-refractivity contribution in [3.63, 3.8) is 0 Å². The van der Waals surface area contributed by atoms with Gasteiger partial charge in [-0.05, 0) is 13.8 Å². The first kappa shape index (κ1) is 17.0. The van der Waals surface area contributed by atoms with Crippen LogP contribution in [0.4, 0.5) is 0 Å². The molecule has 0 heterocycles. The molecule has 0 saturated heterocycles. The van der Waals surface area contributed by atoms with E-state index in [0.717, 1.165) is 13.8 Å². The van der Waals surface area contributed by atoms with Crippen LogP contribution in [-0.4, -0.2) is 23.1 Å². The van der Waals surface area contributed by atoms with Crippen molar-refractivity contribution < 1.29 is 51.1 Å². The van der Waals surface area contributed by atoms with E-state index in [0.29, 0.717) is 0 Å². The van der Waals surface area contributed by atoms with Crippen molar-refractivity contribution in [1.29, 1.82) is 0 Å². The second-order valence-corrected chi connectivity index (χ2v) is 1.49. The van der Waals surface area contributed by atoms with Crippen molar-refractivity contribution >= 4 is 11.9 Å². The molecule has 0 bridgehead atoms. The summed E-state index contributed by atoms with van der Waals surface area (Å²) in [6, 6.07) is 0. The van der Waals surface area contributed by atoms with Crippen LogP contribution in [0.5, 0.6) is 0 Å². The quantitative estimate of drug-likeness (QED) is 0.521. The Kier molecular flexibility index (Phi) is 15.2. The summed E-state index contributed by atoms with van der Waals surface area (Å²) in [7, 11) is 0. The molecule has 1 atom stereocenters.